The summed E-state index contributed by atoms with van der Waals surface area (Å²) in [6.07, 6.45) is -2.89. The van der Waals surface area contributed by atoms with Gasteiger partial charge < -0.3 is 14.6 Å². The summed E-state index contributed by atoms with van der Waals surface area (Å²) in [5, 5.41) is 13.3. The molecule has 2 atom stereocenters. The lowest BCUT2D eigenvalue weighted by Gasteiger charge is -2.23. The fourth-order valence-electron chi connectivity index (χ4n) is 3.40. The number of ether oxygens (including phenoxy) is 2. The third-order valence-electron chi connectivity index (χ3n) is 4.65. The molecule has 1 aromatic carbocycles. The maximum absolute atomic E-state index is 10.6. The number of hydrogen-bond donors (Lipinski definition) is 1. The largest absolute Gasteiger partial charge is 0.490 e. The third kappa shape index (κ3) is 6.12. The van der Waals surface area contributed by atoms with Crippen molar-refractivity contribution in [3.8, 4) is 5.75 Å². The van der Waals surface area contributed by atoms with E-state index < -0.39 is 12.1 Å². The lowest BCUT2D eigenvalue weighted by molar-refractivity contribution is -0.192. The molecule has 0 aliphatic carbocycles. The Morgan fingerprint density at radius 3 is 2.72 bits per heavy atom. The molecule has 29 heavy (non-hydrogen) atoms. The van der Waals surface area contributed by atoms with E-state index >= 15 is 0 Å². The number of aromatic nitrogens is 2. The van der Waals surface area contributed by atoms with Crippen LogP contribution in [-0.2, 0) is 16.1 Å². The van der Waals surface area contributed by atoms with Crippen LogP contribution in [0.4, 0.5) is 13.2 Å². The van der Waals surface area contributed by atoms with Crippen molar-refractivity contribution in [2.45, 2.75) is 37.3 Å². The third-order valence-corrected chi connectivity index (χ3v) is 5.20. The summed E-state index contributed by atoms with van der Waals surface area (Å²) in [6.45, 7) is 3.56. The van der Waals surface area contributed by atoms with E-state index in [9.17, 15) is 13.2 Å². The zero-order valence-corrected chi connectivity index (χ0v) is 16.2. The minimum atomic E-state index is -5.08. The van der Waals surface area contributed by atoms with Gasteiger partial charge in [0.1, 0.15) is 11.9 Å². The summed E-state index contributed by atoms with van der Waals surface area (Å²) in [7, 11) is 0. The highest BCUT2D eigenvalue weighted by molar-refractivity contribution is 7.03. The minimum absolute atomic E-state index is 0.0388. The Hall–Kier alpha value is -2.24. The van der Waals surface area contributed by atoms with E-state index in [-0.39, 0.29) is 11.7 Å². The van der Waals surface area contributed by atoms with Crippen LogP contribution >= 0.6 is 11.5 Å². The van der Waals surface area contributed by atoms with Gasteiger partial charge in [-0.05, 0) is 30.1 Å². The summed E-state index contributed by atoms with van der Waals surface area (Å²) >= 11 is 1.41. The normalized spacial score (nSPS) is 24.3. The molecular formula is C18H20F3N3O4S. The van der Waals surface area contributed by atoms with E-state index in [0.29, 0.717) is 6.61 Å². The average molecular weight is 431 g/mol. The molecule has 1 aromatic heterocycles. The number of halogens is 3. The zero-order valence-electron chi connectivity index (χ0n) is 15.3. The number of benzene rings is 1. The Labute approximate surface area is 169 Å². The molecule has 2 aromatic rings. The Morgan fingerprint density at radius 1 is 1.38 bits per heavy atom. The fourth-order valence-corrected chi connectivity index (χ4v) is 3.84. The smallest absolute Gasteiger partial charge is 0.488 e. The van der Waals surface area contributed by atoms with Gasteiger partial charge in [0, 0.05) is 31.4 Å². The molecule has 0 amide bonds. The predicted octanol–water partition coefficient (Wildman–Crippen LogP) is 2.98. The number of para-hydroxylation sites is 1. The Kier molecular flexibility index (Phi) is 6.70. The van der Waals surface area contributed by atoms with E-state index in [4.69, 9.17) is 19.4 Å². The molecule has 2 aliphatic rings. The number of alkyl halides is 3. The molecule has 4 rings (SSSR count). The van der Waals surface area contributed by atoms with Gasteiger partial charge in [0.05, 0.1) is 17.9 Å². The number of carboxylic acids is 1. The number of hydrogen-bond acceptors (Lipinski definition) is 7. The second-order valence-electron chi connectivity index (χ2n) is 6.91. The Balaban J connectivity index is 0.000000298. The molecular weight excluding hydrogens is 411 g/mol. The minimum Gasteiger partial charge on any atom is -0.488 e. The van der Waals surface area contributed by atoms with Crippen LogP contribution in [0.3, 0.4) is 0 Å². The molecule has 2 fully saturated rings. The first-order chi connectivity index (χ1) is 13.8. The van der Waals surface area contributed by atoms with Crippen molar-refractivity contribution >= 4 is 17.5 Å². The fraction of sp³-hybridized carbons (Fsp3) is 0.500. The van der Waals surface area contributed by atoms with E-state index in [1.807, 2.05) is 35.7 Å². The maximum Gasteiger partial charge on any atom is 0.490 e. The lowest BCUT2D eigenvalue weighted by Crippen LogP contribution is -2.33. The van der Waals surface area contributed by atoms with Crippen LogP contribution in [0.1, 0.15) is 18.5 Å². The van der Waals surface area contributed by atoms with Gasteiger partial charge >= 0.3 is 12.1 Å². The molecule has 158 valence electrons. The van der Waals surface area contributed by atoms with E-state index in [0.717, 1.165) is 43.9 Å². The molecule has 1 spiro atoms. The van der Waals surface area contributed by atoms with Crippen LogP contribution in [0.25, 0.3) is 0 Å². The molecule has 0 radical (unpaired) electrons. The van der Waals surface area contributed by atoms with Gasteiger partial charge in [-0.25, -0.2) is 4.79 Å². The van der Waals surface area contributed by atoms with Crippen molar-refractivity contribution in [3.05, 3.63) is 41.4 Å². The molecule has 0 saturated carbocycles. The summed E-state index contributed by atoms with van der Waals surface area (Å²) in [6, 6.07) is 10.0. The zero-order chi connectivity index (χ0) is 20.9. The van der Waals surface area contributed by atoms with Crippen LogP contribution in [0.5, 0.6) is 5.75 Å². The standard InChI is InChI=1S/C16H19N3O2S.C2HF3O2/c1-2-4-14(5-3-1)21-15-8-16(20-10-15)6-7-19(12-16)9-13-11-22-18-17-13;3-2(4,5)1(6)7/h1-5,11,15H,6-10,12H2;(H,6,7). The van der Waals surface area contributed by atoms with Gasteiger partial charge in [0.2, 0.25) is 0 Å². The van der Waals surface area contributed by atoms with Crippen LogP contribution in [0, 0.1) is 0 Å². The topological polar surface area (TPSA) is 84.8 Å². The van der Waals surface area contributed by atoms with Crippen LogP contribution in [0.15, 0.2) is 35.7 Å². The van der Waals surface area contributed by atoms with Gasteiger partial charge in [0.15, 0.2) is 0 Å². The van der Waals surface area contributed by atoms with E-state index in [1.54, 1.807) is 0 Å². The molecule has 2 aliphatic heterocycles. The van der Waals surface area contributed by atoms with Gasteiger partial charge in [-0.2, -0.15) is 13.2 Å². The first-order valence-corrected chi connectivity index (χ1v) is 9.73. The highest BCUT2D eigenvalue weighted by Gasteiger charge is 2.46. The van der Waals surface area contributed by atoms with E-state index in [1.165, 1.54) is 11.5 Å². The molecule has 11 heteroatoms. The quantitative estimate of drug-likeness (QED) is 0.797. The second kappa shape index (κ2) is 9.06. The molecule has 0 bridgehead atoms. The Morgan fingerprint density at radius 2 is 2.10 bits per heavy atom. The van der Waals surface area contributed by atoms with Crippen molar-refractivity contribution in [2.75, 3.05) is 19.7 Å². The molecule has 2 saturated heterocycles. The van der Waals surface area contributed by atoms with Gasteiger partial charge in [-0.3, -0.25) is 4.90 Å². The first kappa shape index (κ1) is 21.5. The number of carboxylic acid groups (broad SMARTS) is 1. The van der Waals surface area contributed by atoms with Crippen molar-refractivity contribution in [3.63, 3.8) is 0 Å². The van der Waals surface area contributed by atoms with Crippen LogP contribution in [-0.4, -0.2) is 63.1 Å². The molecule has 3 heterocycles. The molecule has 1 N–H and O–H groups in total. The number of nitrogens with zero attached hydrogens (tertiary/aromatic N) is 3. The monoisotopic (exact) mass is 431 g/mol. The van der Waals surface area contributed by atoms with Crippen molar-refractivity contribution < 1.29 is 32.5 Å². The highest BCUT2D eigenvalue weighted by atomic mass is 32.1. The number of carbonyl (C=O) groups is 1. The van der Waals surface area contributed by atoms with Crippen LogP contribution < -0.4 is 4.74 Å². The number of rotatable bonds is 4. The Bertz CT molecular complexity index is 791. The molecule has 2 unspecified atom stereocenters. The van der Waals surface area contributed by atoms with E-state index in [2.05, 4.69) is 14.5 Å². The maximum atomic E-state index is 10.6. The molecule has 7 nitrogen and oxygen atoms in total. The van der Waals surface area contributed by atoms with Crippen LogP contribution in [0.2, 0.25) is 0 Å². The summed E-state index contributed by atoms with van der Waals surface area (Å²) in [5.41, 5.74) is 1.01. The predicted molar refractivity (Wildman–Crippen MR) is 97.7 cm³/mol. The lowest BCUT2D eigenvalue weighted by atomic mass is 9.98. The van der Waals surface area contributed by atoms with Crippen molar-refractivity contribution in [2.24, 2.45) is 0 Å². The SMILES string of the molecule is O=C(O)C(F)(F)F.c1ccc(OC2COC3(CCN(Cc4csnn4)C3)C2)cc1. The highest BCUT2D eigenvalue weighted by Crippen LogP contribution is 2.37. The van der Waals surface area contributed by atoms with Gasteiger partial charge in [-0.1, -0.05) is 22.7 Å². The average Bonchev–Trinajstić information content (AvgIpc) is 3.40. The number of aliphatic carboxylic acids is 1. The summed E-state index contributed by atoms with van der Waals surface area (Å²) in [4.78, 5) is 11.3. The number of likely N-dealkylation sites (tertiary alicyclic amines) is 1. The summed E-state index contributed by atoms with van der Waals surface area (Å²) in [5.74, 6) is -1.83. The van der Waals surface area contributed by atoms with Crippen molar-refractivity contribution in [1.82, 2.24) is 14.5 Å². The first-order valence-electron chi connectivity index (χ1n) is 8.90. The summed E-state index contributed by atoms with van der Waals surface area (Å²) < 4.78 is 47.8. The second-order valence-corrected chi connectivity index (χ2v) is 7.52. The van der Waals surface area contributed by atoms with Gasteiger partial charge in [-0.15, -0.1) is 5.10 Å². The van der Waals surface area contributed by atoms with Crippen molar-refractivity contribution in [1.29, 1.82) is 0 Å². The van der Waals surface area contributed by atoms with Gasteiger partial charge in [0.25, 0.3) is 0 Å².